The Morgan fingerprint density at radius 3 is 2.50 bits per heavy atom. The van der Waals surface area contributed by atoms with Crippen molar-refractivity contribution in [2.24, 2.45) is 0 Å². The minimum atomic E-state index is -0.320. The van der Waals surface area contributed by atoms with Crippen LogP contribution >= 0.6 is 0 Å². The number of hydrogen-bond donors (Lipinski definition) is 3. The van der Waals surface area contributed by atoms with E-state index in [0.717, 1.165) is 5.69 Å². The third-order valence-electron chi connectivity index (χ3n) is 2.61. The number of carbonyl (C=O) groups is 2. The molecule has 0 aliphatic heterocycles. The van der Waals surface area contributed by atoms with Gasteiger partial charge in [0.2, 0.25) is 5.91 Å². The first-order valence-corrected chi connectivity index (χ1v) is 6.45. The van der Waals surface area contributed by atoms with Crippen LogP contribution in [0.4, 0.5) is 11.4 Å². The number of rotatable bonds is 5. The number of nitrogens with one attached hydrogen (secondary N) is 2. The van der Waals surface area contributed by atoms with Crippen LogP contribution in [-0.2, 0) is 4.79 Å². The number of nitrogen functional groups attached to an aromatic ring is 1. The molecular formula is C14H22N4O2. The summed E-state index contributed by atoms with van der Waals surface area (Å²) in [6, 6.07) is 5.16. The van der Waals surface area contributed by atoms with E-state index in [1.54, 1.807) is 18.2 Å². The topological polar surface area (TPSA) is 87.5 Å². The fourth-order valence-corrected chi connectivity index (χ4v) is 1.75. The Kier molecular flexibility index (Phi) is 5.37. The molecule has 0 aromatic heterocycles. The molecular weight excluding hydrogens is 256 g/mol. The lowest BCUT2D eigenvalue weighted by Gasteiger charge is -2.17. The molecule has 0 heterocycles. The number of nitrogens with zero attached hydrogens (tertiary/aromatic N) is 1. The van der Waals surface area contributed by atoms with E-state index < -0.39 is 0 Å². The largest absolute Gasteiger partial charge is 0.399 e. The van der Waals surface area contributed by atoms with Crippen molar-refractivity contribution < 1.29 is 9.59 Å². The summed E-state index contributed by atoms with van der Waals surface area (Å²) in [6.07, 6.45) is 0. The third-order valence-corrected chi connectivity index (χ3v) is 2.61. The average Bonchev–Trinajstić information content (AvgIpc) is 2.34. The van der Waals surface area contributed by atoms with Gasteiger partial charge in [-0.2, -0.15) is 0 Å². The molecule has 0 spiro atoms. The van der Waals surface area contributed by atoms with Crippen molar-refractivity contribution >= 4 is 23.2 Å². The normalized spacial score (nSPS) is 10.2. The summed E-state index contributed by atoms with van der Waals surface area (Å²) < 4.78 is 0. The fraction of sp³-hybridized carbons (Fsp3) is 0.429. The molecule has 2 amide bonds. The van der Waals surface area contributed by atoms with Crippen molar-refractivity contribution in [1.82, 2.24) is 10.6 Å². The van der Waals surface area contributed by atoms with Crippen molar-refractivity contribution in [3.63, 3.8) is 0 Å². The molecule has 0 bridgehead atoms. The molecule has 6 nitrogen and oxygen atoms in total. The van der Waals surface area contributed by atoms with Crippen LogP contribution in [0.3, 0.4) is 0 Å². The SMILES string of the molecule is CC(C)NC(=O)CNC(=O)c1cc(N)ccc1N(C)C. The summed E-state index contributed by atoms with van der Waals surface area (Å²) in [7, 11) is 3.68. The number of anilines is 2. The lowest BCUT2D eigenvalue weighted by molar-refractivity contribution is -0.120. The van der Waals surface area contributed by atoms with Gasteiger partial charge in [0.15, 0.2) is 0 Å². The fourth-order valence-electron chi connectivity index (χ4n) is 1.75. The first-order valence-electron chi connectivity index (χ1n) is 6.45. The van der Waals surface area contributed by atoms with E-state index in [9.17, 15) is 9.59 Å². The Bertz CT molecular complexity index is 498. The van der Waals surface area contributed by atoms with Crippen LogP contribution < -0.4 is 21.3 Å². The molecule has 6 heteroatoms. The number of nitrogens with two attached hydrogens (primary N) is 1. The molecule has 4 N–H and O–H groups in total. The molecule has 0 fully saturated rings. The highest BCUT2D eigenvalue weighted by atomic mass is 16.2. The highest BCUT2D eigenvalue weighted by molar-refractivity contribution is 6.02. The zero-order chi connectivity index (χ0) is 15.3. The highest BCUT2D eigenvalue weighted by Crippen LogP contribution is 2.21. The molecule has 110 valence electrons. The summed E-state index contributed by atoms with van der Waals surface area (Å²) in [5, 5.41) is 5.30. The van der Waals surface area contributed by atoms with Crippen molar-refractivity contribution in [3.8, 4) is 0 Å². The second-order valence-corrected chi connectivity index (χ2v) is 5.08. The Morgan fingerprint density at radius 1 is 1.30 bits per heavy atom. The minimum absolute atomic E-state index is 0.0455. The number of carbonyl (C=O) groups excluding carboxylic acids is 2. The lowest BCUT2D eigenvalue weighted by atomic mass is 10.1. The second-order valence-electron chi connectivity index (χ2n) is 5.08. The highest BCUT2D eigenvalue weighted by Gasteiger charge is 2.14. The van der Waals surface area contributed by atoms with Gasteiger partial charge in [-0.05, 0) is 32.0 Å². The van der Waals surface area contributed by atoms with Gasteiger partial charge in [-0.1, -0.05) is 0 Å². The van der Waals surface area contributed by atoms with E-state index in [1.165, 1.54) is 0 Å². The van der Waals surface area contributed by atoms with Crippen LogP contribution in [0.15, 0.2) is 18.2 Å². The van der Waals surface area contributed by atoms with E-state index >= 15 is 0 Å². The van der Waals surface area contributed by atoms with Crippen LogP contribution in [0.2, 0.25) is 0 Å². The summed E-state index contributed by atoms with van der Waals surface area (Å²) >= 11 is 0. The van der Waals surface area contributed by atoms with Gasteiger partial charge >= 0.3 is 0 Å². The van der Waals surface area contributed by atoms with Crippen LogP contribution in [0.1, 0.15) is 24.2 Å². The summed E-state index contributed by atoms with van der Waals surface area (Å²) in [4.78, 5) is 25.5. The number of amides is 2. The maximum Gasteiger partial charge on any atom is 0.253 e. The maximum absolute atomic E-state index is 12.1. The predicted molar refractivity (Wildman–Crippen MR) is 80.8 cm³/mol. The third kappa shape index (κ3) is 4.46. The van der Waals surface area contributed by atoms with Crippen molar-refractivity contribution in [3.05, 3.63) is 23.8 Å². The van der Waals surface area contributed by atoms with Crippen LogP contribution in [0, 0.1) is 0 Å². The monoisotopic (exact) mass is 278 g/mol. The predicted octanol–water partition coefficient (Wildman–Crippen LogP) is 0.589. The molecule has 0 aliphatic carbocycles. The van der Waals surface area contributed by atoms with Gasteiger partial charge in [-0.15, -0.1) is 0 Å². The van der Waals surface area contributed by atoms with Crippen LogP contribution in [-0.4, -0.2) is 38.5 Å². The quantitative estimate of drug-likeness (QED) is 0.688. The zero-order valence-corrected chi connectivity index (χ0v) is 12.4. The van der Waals surface area contributed by atoms with Crippen molar-refractivity contribution in [2.75, 3.05) is 31.3 Å². The standard InChI is InChI=1S/C14H22N4O2/c1-9(2)17-13(19)8-16-14(20)11-7-10(15)5-6-12(11)18(3)4/h5-7,9H,8,15H2,1-4H3,(H,16,20)(H,17,19). The second kappa shape index (κ2) is 6.79. The van der Waals surface area contributed by atoms with E-state index in [-0.39, 0.29) is 24.4 Å². The zero-order valence-electron chi connectivity index (χ0n) is 12.4. The van der Waals surface area contributed by atoms with Gasteiger partial charge in [0, 0.05) is 31.5 Å². The van der Waals surface area contributed by atoms with Gasteiger partial charge in [0.25, 0.3) is 5.91 Å². The Labute approximate surface area is 119 Å². The Morgan fingerprint density at radius 2 is 1.95 bits per heavy atom. The first kappa shape index (κ1) is 15.8. The van der Waals surface area contributed by atoms with E-state index in [0.29, 0.717) is 11.3 Å². The molecule has 0 saturated carbocycles. The minimum Gasteiger partial charge on any atom is -0.399 e. The van der Waals surface area contributed by atoms with Crippen LogP contribution in [0.25, 0.3) is 0 Å². The lowest BCUT2D eigenvalue weighted by Crippen LogP contribution is -2.40. The molecule has 1 rings (SSSR count). The molecule has 0 radical (unpaired) electrons. The molecule has 0 aliphatic rings. The molecule has 20 heavy (non-hydrogen) atoms. The Balaban J connectivity index is 2.77. The van der Waals surface area contributed by atoms with Crippen molar-refractivity contribution in [2.45, 2.75) is 19.9 Å². The van der Waals surface area contributed by atoms with Crippen molar-refractivity contribution in [1.29, 1.82) is 0 Å². The molecule has 1 aromatic rings. The molecule has 0 unspecified atom stereocenters. The molecule has 0 saturated heterocycles. The van der Waals surface area contributed by atoms with Gasteiger partial charge in [-0.3, -0.25) is 9.59 Å². The van der Waals surface area contributed by atoms with Crippen LogP contribution in [0.5, 0.6) is 0 Å². The smallest absolute Gasteiger partial charge is 0.253 e. The Hall–Kier alpha value is -2.24. The first-order chi connectivity index (χ1) is 9.31. The maximum atomic E-state index is 12.1. The summed E-state index contributed by atoms with van der Waals surface area (Å²) in [6.45, 7) is 3.67. The van der Waals surface area contributed by atoms with Gasteiger partial charge in [-0.25, -0.2) is 0 Å². The van der Waals surface area contributed by atoms with Gasteiger partial charge < -0.3 is 21.3 Å². The van der Waals surface area contributed by atoms with Gasteiger partial charge in [0.1, 0.15) is 0 Å². The van der Waals surface area contributed by atoms with E-state index in [1.807, 2.05) is 32.8 Å². The summed E-state index contributed by atoms with van der Waals surface area (Å²) in [5.74, 6) is -0.538. The summed E-state index contributed by atoms with van der Waals surface area (Å²) in [5.41, 5.74) is 7.42. The number of hydrogen-bond acceptors (Lipinski definition) is 4. The van der Waals surface area contributed by atoms with Gasteiger partial charge in [0.05, 0.1) is 12.1 Å². The molecule has 1 aromatic carbocycles. The number of benzene rings is 1. The van der Waals surface area contributed by atoms with E-state index in [4.69, 9.17) is 5.73 Å². The van der Waals surface area contributed by atoms with E-state index in [2.05, 4.69) is 10.6 Å². The average molecular weight is 278 g/mol. The molecule has 0 atom stereocenters.